The topological polar surface area (TPSA) is 61.2 Å². The fourth-order valence-electron chi connectivity index (χ4n) is 2.19. The van der Waals surface area contributed by atoms with Gasteiger partial charge in [-0.25, -0.2) is 12.7 Å². The van der Waals surface area contributed by atoms with E-state index in [9.17, 15) is 8.42 Å². The minimum absolute atomic E-state index is 0.0411. The minimum atomic E-state index is -3.41. The number of nitriles is 1. The Hall–Kier alpha value is -0.800. The number of piperidine rings is 1. The summed E-state index contributed by atoms with van der Waals surface area (Å²) in [7, 11) is -3.41. The Kier molecular flexibility index (Phi) is 4.92. The quantitative estimate of drug-likeness (QED) is 0.854. The third-order valence-electron chi connectivity index (χ3n) is 3.38. The summed E-state index contributed by atoms with van der Waals surface area (Å²) in [5.41, 5.74) is 0.540. The van der Waals surface area contributed by atoms with E-state index in [0.29, 0.717) is 41.5 Å². The smallest absolute Gasteiger partial charge is 0.212 e. The molecular weight excluding hydrogens is 319 g/mol. The van der Waals surface area contributed by atoms with Gasteiger partial charge in [-0.05, 0) is 30.5 Å². The van der Waals surface area contributed by atoms with Gasteiger partial charge in [-0.2, -0.15) is 5.26 Å². The van der Waals surface area contributed by atoms with Crippen molar-refractivity contribution in [1.29, 1.82) is 5.26 Å². The van der Waals surface area contributed by atoms with Crippen molar-refractivity contribution < 1.29 is 8.42 Å². The van der Waals surface area contributed by atoms with Crippen LogP contribution in [-0.4, -0.2) is 25.8 Å². The highest BCUT2D eigenvalue weighted by molar-refractivity contribution is 7.88. The fraction of sp³-hybridized carbons (Fsp3) is 0.462. The minimum Gasteiger partial charge on any atom is -0.212 e. The van der Waals surface area contributed by atoms with Crippen LogP contribution in [0.2, 0.25) is 10.0 Å². The lowest BCUT2D eigenvalue weighted by Crippen LogP contribution is -2.38. The average molecular weight is 333 g/mol. The Bertz CT molecular complexity index is 632. The molecular formula is C13H14Cl2N2O2S. The molecule has 0 spiro atoms. The van der Waals surface area contributed by atoms with Gasteiger partial charge < -0.3 is 0 Å². The molecule has 20 heavy (non-hydrogen) atoms. The van der Waals surface area contributed by atoms with Gasteiger partial charge >= 0.3 is 0 Å². The Morgan fingerprint density at radius 1 is 1.30 bits per heavy atom. The maximum Gasteiger partial charge on any atom is 0.218 e. The highest BCUT2D eigenvalue weighted by atomic mass is 35.5. The first-order valence-electron chi connectivity index (χ1n) is 6.24. The van der Waals surface area contributed by atoms with Crippen LogP contribution in [0.25, 0.3) is 0 Å². The summed E-state index contributed by atoms with van der Waals surface area (Å²) in [5.74, 6) is -0.180. The van der Waals surface area contributed by atoms with Gasteiger partial charge in [-0.15, -0.1) is 0 Å². The Balaban J connectivity index is 2.10. The van der Waals surface area contributed by atoms with Crippen LogP contribution in [-0.2, 0) is 15.8 Å². The van der Waals surface area contributed by atoms with Crippen molar-refractivity contribution in [1.82, 2.24) is 4.31 Å². The number of benzene rings is 1. The standard InChI is InChI=1S/C13H14Cl2N2O2S/c14-12-2-1-11(13(15)7-12)9-20(18,19)17-5-3-10(8-16)4-6-17/h1-2,7,10H,3-6,9H2. The van der Waals surface area contributed by atoms with Crippen LogP contribution in [0.3, 0.4) is 0 Å². The summed E-state index contributed by atoms with van der Waals surface area (Å²) in [4.78, 5) is 0. The molecule has 1 aliphatic heterocycles. The molecule has 1 saturated heterocycles. The van der Waals surface area contributed by atoms with Gasteiger partial charge in [-0.3, -0.25) is 0 Å². The van der Waals surface area contributed by atoms with E-state index in [1.165, 1.54) is 10.4 Å². The van der Waals surface area contributed by atoms with Gasteiger partial charge in [0.05, 0.1) is 11.8 Å². The highest BCUT2D eigenvalue weighted by Gasteiger charge is 2.28. The van der Waals surface area contributed by atoms with Crippen molar-refractivity contribution in [2.45, 2.75) is 18.6 Å². The number of halogens is 2. The molecule has 0 unspecified atom stereocenters. The lowest BCUT2D eigenvalue weighted by Gasteiger charge is -2.28. The summed E-state index contributed by atoms with van der Waals surface area (Å²) < 4.78 is 26.1. The molecule has 108 valence electrons. The number of sulfonamides is 1. The molecule has 2 rings (SSSR count). The molecule has 1 aromatic rings. The molecule has 0 amide bonds. The zero-order valence-corrected chi connectivity index (χ0v) is 13.0. The Morgan fingerprint density at radius 3 is 2.50 bits per heavy atom. The molecule has 1 fully saturated rings. The second-order valence-electron chi connectivity index (χ2n) is 4.79. The number of hydrogen-bond acceptors (Lipinski definition) is 3. The Morgan fingerprint density at radius 2 is 1.95 bits per heavy atom. The molecule has 0 aromatic heterocycles. The second-order valence-corrected chi connectivity index (χ2v) is 7.61. The van der Waals surface area contributed by atoms with Crippen molar-refractivity contribution >= 4 is 33.2 Å². The maximum atomic E-state index is 12.3. The molecule has 1 aromatic carbocycles. The molecule has 0 N–H and O–H groups in total. The molecule has 0 bridgehead atoms. The van der Waals surface area contributed by atoms with E-state index in [1.807, 2.05) is 0 Å². The molecule has 1 heterocycles. The van der Waals surface area contributed by atoms with Crippen LogP contribution in [0.15, 0.2) is 18.2 Å². The second kappa shape index (κ2) is 6.31. The maximum absolute atomic E-state index is 12.3. The first kappa shape index (κ1) is 15.6. The number of nitrogens with zero attached hydrogens (tertiary/aromatic N) is 2. The number of rotatable bonds is 3. The molecule has 4 nitrogen and oxygen atoms in total. The van der Waals surface area contributed by atoms with Gasteiger partial charge in [0.15, 0.2) is 0 Å². The van der Waals surface area contributed by atoms with Crippen LogP contribution in [0.4, 0.5) is 0 Å². The summed E-state index contributed by atoms with van der Waals surface area (Å²) in [6.45, 7) is 0.789. The number of hydrogen-bond donors (Lipinski definition) is 0. The van der Waals surface area contributed by atoms with E-state index in [0.717, 1.165) is 0 Å². The molecule has 7 heteroatoms. The monoisotopic (exact) mass is 332 g/mol. The summed E-state index contributed by atoms with van der Waals surface area (Å²) in [6.07, 6.45) is 1.17. The zero-order chi connectivity index (χ0) is 14.8. The zero-order valence-electron chi connectivity index (χ0n) is 10.7. The van der Waals surface area contributed by atoms with E-state index >= 15 is 0 Å². The molecule has 0 saturated carbocycles. The first-order chi connectivity index (χ1) is 9.42. The van der Waals surface area contributed by atoms with E-state index in [-0.39, 0.29) is 11.7 Å². The SMILES string of the molecule is N#CC1CCN(S(=O)(=O)Cc2ccc(Cl)cc2Cl)CC1. The summed E-state index contributed by atoms with van der Waals surface area (Å²) >= 11 is 11.8. The molecule has 0 atom stereocenters. The van der Waals surface area contributed by atoms with Crippen LogP contribution in [0.1, 0.15) is 18.4 Å². The van der Waals surface area contributed by atoms with E-state index in [4.69, 9.17) is 28.5 Å². The van der Waals surface area contributed by atoms with Crippen molar-refractivity contribution in [3.05, 3.63) is 33.8 Å². The molecule has 0 radical (unpaired) electrons. The fourth-order valence-corrected chi connectivity index (χ4v) is 4.34. The lowest BCUT2D eigenvalue weighted by atomic mass is 10.0. The van der Waals surface area contributed by atoms with Crippen molar-refractivity contribution in [3.63, 3.8) is 0 Å². The lowest BCUT2D eigenvalue weighted by molar-refractivity contribution is 0.309. The van der Waals surface area contributed by atoms with Crippen molar-refractivity contribution in [3.8, 4) is 6.07 Å². The third-order valence-corrected chi connectivity index (χ3v) is 5.80. The summed E-state index contributed by atoms with van der Waals surface area (Å²) in [6, 6.07) is 6.98. The van der Waals surface area contributed by atoms with Crippen molar-refractivity contribution in [2.24, 2.45) is 5.92 Å². The predicted octanol–water partition coefficient (Wildman–Crippen LogP) is 3.06. The van der Waals surface area contributed by atoms with Gasteiger partial charge in [0.25, 0.3) is 0 Å². The normalized spacial score (nSPS) is 17.9. The van der Waals surface area contributed by atoms with Gasteiger partial charge in [0, 0.05) is 29.1 Å². The van der Waals surface area contributed by atoms with Crippen LogP contribution in [0, 0.1) is 17.2 Å². The van der Waals surface area contributed by atoms with E-state index in [1.54, 1.807) is 12.1 Å². The van der Waals surface area contributed by atoms with E-state index < -0.39 is 10.0 Å². The summed E-state index contributed by atoms with van der Waals surface area (Å²) in [5, 5.41) is 9.66. The predicted molar refractivity (Wildman–Crippen MR) is 79.0 cm³/mol. The van der Waals surface area contributed by atoms with Crippen molar-refractivity contribution in [2.75, 3.05) is 13.1 Å². The van der Waals surface area contributed by atoms with Crippen LogP contribution < -0.4 is 0 Å². The Labute approximate surface area is 128 Å². The molecule has 1 aliphatic rings. The third kappa shape index (κ3) is 3.64. The average Bonchev–Trinajstić information content (AvgIpc) is 2.42. The highest BCUT2D eigenvalue weighted by Crippen LogP contribution is 2.25. The van der Waals surface area contributed by atoms with Crippen LogP contribution >= 0.6 is 23.2 Å². The van der Waals surface area contributed by atoms with Gasteiger partial charge in [-0.1, -0.05) is 29.3 Å². The van der Waals surface area contributed by atoms with E-state index in [2.05, 4.69) is 6.07 Å². The van der Waals surface area contributed by atoms with Gasteiger partial charge in [0.1, 0.15) is 0 Å². The molecule has 0 aliphatic carbocycles. The largest absolute Gasteiger partial charge is 0.218 e. The first-order valence-corrected chi connectivity index (χ1v) is 8.60. The van der Waals surface area contributed by atoms with Crippen LogP contribution in [0.5, 0.6) is 0 Å². The van der Waals surface area contributed by atoms with Gasteiger partial charge in [0.2, 0.25) is 10.0 Å².